The lowest BCUT2D eigenvalue weighted by Gasteiger charge is -2.13. The van der Waals surface area contributed by atoms with E-state index in [1.165, 1.54) is 6.07 Å². The fraction of sp³-hybridized carbons (Fsp3) is 0.312. The number of aliphatic imine (C=N–C) groups is 1. The van der Waals surface area contributed by atoms with Gasteiger partial charge < -0.3 is 19.9 Å². The molecule has 2 rings (SSSR count). The van der Waals surface area contributed by atoms with Crippen molar-refractivity contribution in [1.82, 2.24) is 15.2 Å². The lowest BCUT2D eigenvalue weighted by Crippen LogP contribution is -2.36. The maximum Gasteiger partial charge on any atom is 0.387 e. The van der Waals surface area contributed by atoms with E-state index >= 15 is 0 Å². The molecule has 10 heteroatoms. The van der Waals surface area contributed by atoms with Gasteiger partial charge in [-0.3, -0.25) is 4.99 Å². The Hall–Kier alpha value is -1.26. The molecule has 1 aromatic heterocycles. The summed E-state index contributed by atoms with van der Waals surface area (Å²) in [6.07, 6.45) is 0. The summed E-state index contributed by atoms with van der Waals surface area (Å²) >= 11 is 12.0. The van der Waals surface area contributed by atoms with Crippen molar-refractivity contribution in [2.24, 2.45) is 12.0 Å². The second kappa shape index (κ2) is 10.8. The Morgan fingerprint density at radius 3 is 2.50 bits per heavy atom. The first-order valence-electron chi connectivity index (χ1n) is 7.38. The van der Waals surface area contributed by atoms with Gasteiger partial charge in [-0.05, 0) is 23.8 Å². The Balaban J connectivity index is 0.00000338. The highest BCUT2D eigenvalue weighted by Crippen LogP contribution is 2.24. The standard InChI is InChI=1S/C16H18Cl2F2N4O.HI/c1-21-16(23-9-11-7-13(17)14(18)24(11)2)22-8-10-4-3-5-12(6-10)25-15(19)20;/h3-7,15H,8-9H2,1-2H3,(H2,21,22,23);1H. The minimum absolute atomic E-state index is 0. The first-order valence-corrected chi connectivity index (χ1v) is 8.14. The van der Waals surface area contributed by atoms with Crippen molar-refractivity contribution < 1.29 is 13.5 Å². The molecule has 26 heavy (non-hydrogen) atoms. The Kier molecular flexibility index (Phi) is 9.45. The molecule has 0 atom stereocenters. The highest BCUT2D eigenvalue weighted by molar-refractivity contribution is 14.0. The van der Waals surface area contributed by atoms with E-state index in [1.807, 2.05) is 7.05 Å². The number of rotatable bonds is 6. The Morgan fingerprint density at radius 1 is 1.23 bits per heavy atom. The molecule has 1 aromatic carbocycles. The molecule has 0 aliphatic carbocycles. The van der Waals surface area contributed by atoms with E-state index in [2.05, 4.69) is 20.4 Å². The predicted octanol–water partition coefficient (Wildman–Crippen LogP) is 4.42. The molecule has 144 valence electrons. The maximum atomic E-state index is 12.3. The van der Waals surface area contributed by atoms with Crippen LogP contribution in [-0.4, -0.2) is 24.2 Å². The molecule has 2 N–H and O–H groups in total. The topological polar surface area (TPSA) is 50.6 Å². The summed E-state index contributed by atoms with van der Waals surface area (Å²) in [5.74, 6) is 0.666. The van der Waals surface area contributed by atoms with Gasteiger partial charge in [0.1, 0.15) is 10.9 Å². The average Bonchev–Trinajstić information content (AvgIpc) is 2.82. The van der Waals surface area contributed by atoms with Crippen molar-refractivity contribution in [3.63, 3.8) is 0 Å². The van der Waals surface area contributed by atoms with Crippen LogP contribution in [0.15, 0.2) is 35.3 Å². The second-order valence-corrected chi connectivity index (χ2v) is 5.90. The van der Waals surface area contributed by atoms with E-state index in [9.17, 15) is 8.78 Å². The van der Waals surface area contributed by atoms with Crippen molar-refractivity contribution in [3.8, 4) is 5.75 Å². The molecular formula is C16H19Cl2F2IN4O. The van der Waals surface area contributed by atoms with Gasteiger partial charge in [-0.2, -0.15) is 8.78 Å². The smallest absolute Gasteiger partial charge is 0.387 e. The van der Waals surface area contributed by atoms with Gasteiger partial charge in [-0.1, -0.05) is 35.3 Å². The van der Waals surface area contributed by atoms with Crippen molar-refractivity contribution in [2.45, 2.75) is 19.7 Å². The molecule has 5 nitrogen and oxygen atoms in total. The Morgan fingerprint density at radius 2 is 1.92 bits per heavy atom. The van der Waals surface area contributed by atoms with E-state index < -0.39 is 6.61 Å². The number of benzene rings is 1. The van der Waals surface area contributed by atoms with Gasteiger partial charge in [0, 0.05) is 26.3 Å². The molecule has 0 aliphatic heterocycles. The summed E-state index contributed by atoms with van der Waals surface area (Å²) in [6.45, 7) is -1.98. The molecule has 2 aromatic rings. The van der Waals surface area contributed by atoms with E-state index in [-0.39, 0.29) is 29.7 Å². The highest BCUT2D eigenvalue weighted by Gasteiger charge is 2.09. The van der Waals surface area contributed by atoms with E-state index in [0.717, 1.165) is 11.3 Å². The zero-order valence-corrected chi connectivity index (χ0v) is 17.9. The number of hydrogen-bond acceptors (Lipinski definition) is 2. The minimum Gasteiger partial charge on any atom is -0.435 e. The summed E-state index contributed by atoms with van der Waals surface area (Å²) < 4.78 is 30.7. The molecule has 0 fully saturated rings. The third kappa shape index (κ3) is 6.48. The predicted molar refractivity (Wildman–Crippen MR) is 111 cm³/mol. The lowest BCUT2D eigenvalue weighted by atomic mass is 10.2. The number of nitrogens with one attached hydrogen (secondary N) is 2. The van der Waals surface area contributed by atoms with Crippen LogP contribution in [0.4, 0.5) is 8.78 Å². The molecule has 0 spiro atoms. The van der Waals surface area contributed by atoms with Crippen LogP contribution in [0.2, 0.25) is 10.2 Å². The fourth-order valence-corrected chi connectivity index (χ4v) is 2.59. The third-order valence-corrected chi connectivity index (χ3v) is 4.30. The summed E-state index contributed by atoms with van der Waals surface area (Å²) in [4.78, 5) is 4.12. The van der Waals surface area contributed by atoms with Gasteiger partial charge in [0.25, 0.3) is 0 Å². The van der Waals surface area contributed by atoms with Crippen LogP contribution in [0.1, 0.15) is 11.3 Å². The zero-order valence-electron chi connectivity index (χ0n) is 14.1. The van der Waals surface area contributed by atoms with Gasteiger partial charge in [0.05, 0.1) is 11.6 Å². The van der Waals surface area contributed by atoms with Gasteiger partial charge in [-0.15, -0.1) is 24.0 Å². The van der Waals surface area contributed by atoms with E-state index in [0.29, 0.717) is 29.2 Å². The van der Waals surface area contributed by atoms with Crippen LogP contribution in [0, 0.1) is 0 Å². The molecule has 0 saturated carbocycles. The number of halogens is 5. The number of nitrogens with zero attached hydrogens (tertiary/aromatic N) is 2. The van der Waals surface area contributed by atoms with Gasteiger partial charge >= 0.3 is 6.61 Å². The second-order valence-electron chi connectivity index (χ2n) is 5.14. The van der Waals surface area contributed by atoms with Crippen LogP contribution in [0.5, 0.6) is 5.75 Å². The van der Waals surface area contributed by atoms with Crippen LogP contribution in [0.25, 0.3) is 0 Å². The number of aromatic nitrogens is 1. The third-order valence-electron chi connectivity index (χ3n) is 3.46. The largest absolute Gasteiger partial charge is 0.435 e. The minimum atomic E-state index is -2.85. The number of guanidine groups is 1. The van der Waals surface area contributed by atoms with Crippen LogP contribution < -0.4 is 15.4 Å². The van der Waals surface area contributed by atoms with Crippen LogP contribution >= 0.6 is 47.2 Å². The first-order chi connectivity index (χ1) is 11.9. The monoisotopic (exact) mass is 518 g/mol. The molecule has 0 radical (unpaired) electrons. The molecule has 1 heterocycles. The molecule has 0 aliphatic rings. The van der Waals surface area contributed by atoms with Crippen LogP contribution in [0.3, 0.4) is 0 Å². The first kappa shape index (κ1) is 22.8. The summed E-state index contributed by atoms with van der Waals surface area (Å²) in [5.41, 5.74) is 1.68. The number of hydrogen-bond donors (Lipinski definition) is 2. The van der Waals surface area contributed by atoms with Crippen LogP contribution in [-0.2, 0) is 20.1 Å². The molecule has 0 saturated heterocycles. The van der Waals surface area contributed by atoms with Crippen molar-refractivity contribution >= 4 is 53.1 Å². The van der Waals surface area contributed by atoms with Crippen molar-refractivity contribution in [2.75, 3.05) is 7.05 Å². The number of ether oxygens (including phenoxy) is 1. The SMILES string of the molecule is CN=C(NCc1cccc(OC(F)F)c1)NCc1cc(Cl)c(Cl)n1C.I. The normalized spacial score (nSPS) is 11.3. The summed E-state index contributed by atoms with van der Waals surface area (Å²) in [6, 6.07) is 8.25. The van der Waals surface area contributed by atoms with Crippen molar-refractivity contribution in [3.05, 3.63) is 51.8 Å². The molecular weight excluding hydrogens is 500 g/mol. The van der Waals surface area contributed by atoms with Gasteiger partial charge in [-0.25, -0.2) is 0 Å². The highest BCUT2D eigenvalue weighted by atomic mass is 127. The quantitative estimate of drug-likeness (QED) is 0.338. The zero-order chi connectivity index (χ0) is 18.4. The van der Waals surface area contributed by atoms with E-state index in [1.54, 1.807) is 35.9 Å². The van der Waals surface area contributed by atoms with Gasteiger partial charge in [0.2, 0.25) is 0 Å². The van der Waals surface area contributed by atoms with Crippen molar-refractivity contribution in [1.29, 1.82) is 0 Å². The van der Waals surface area contributed by atoms with E-state index in [4.69, 9.17) is 23.2 Å². The molecule has 0 amide bonds. The average molecular weight is 519 g/mol. The molecule has 0 unspecified atom stereocenters. The summed E-state index contributed by atoms with van der Waals surface area (Å²) in [5, 5.41) is 7.19. The number of alkyl halides is 2. The Labute approximate surface area is 177 Å². The summed E-state index contributed by atoms with van der Waals surface area (Å²) in [7, 11) is 3.45. The maximum absolute atomic E-state index is 12.3. The fourth-order valence-electron chi connectivity index (χ4n) is 2.17. The Bertz CT molecular complexity index is 756. The lowest BCUT2D eigenvalue weighted by molar-refractivity contribution is -0.0498. The molecule has 0 bridgehead atoms. The van der Waals surface area contributed by atoms with Gasteiger partial charge in [0.15, 0.2) is 5.96 Å².